The highest BCUT2D eigenvalue weighted by Crippen LogP contribution is 2.36. The molecule has 2 aromatic carbocycles. The van der Waals surface area contributed by atoms with E-state index in [4.69, 9.17) is 27.9 Å². The molecule has 3 aromatic rings. The quantitative estimate of drug-likeness (QED) is 0.465. The van der Waals surface area contributed by atoms with Gasteiger partial charge in [-0.3, -0.25) is 9.59 Å². The van der Waals surface area contributed by atoms with Crippen molar-refractivity contribution in [1.82, 2.24) is 9.88 Å². The van der Waals surface area contributed by atoms with Gasteiger partial charge < -0.3 is 19.7 Å². The number of carbonyl (C=O) groups is 2. The Bertz CT molecular complexity index is 1270. The summed E-state index contributed by atoms with van der Waals surface area (Å²) < 4.78 is 22.1. The third kappa shape index (κ3) is 4.28. The van der Waals surface area contributed by atoms with Gasteiger partial charge in [-0.05, 0) is 43.7 Å². The third-order valence-corrected chi connectivity index (χ3v) is 6.96. The smallest absolute Gasteiger partial charge is 0.313 e. The number of carboxylic acid groups (broad SMARTS) is 1. The van der Waals surface area contributed by atoms with Crippen LogP contribution in [0.25, 0.3) is 10.9 Å². The summed E-state index contributed by atoms with van der Waals surface area (Å²) in [6.07, 6.45) is 0. The van der Waals surface area contributed by atoms with E-state index in [0.717, 1.165) is 5.52 Å². The van der Waals surface area contributed by atoms with Crippen LogP contribution in [0.1, 0.15) is 49.3 Å². The zero-order valence-electron chi connectivity index (χ0n) is 19.6. The van der Waals surface area contributed by atoms with E-state index in [1.54, 1.807) is 35.9 Å². The number of carboxylic acids is 1. The average Bonchev–Trinajstić information content (AvgIpc) is 3.12. The number of halogens is 3. The Hall–Kier alpha value is -2.61. The van der Waals surface area contributed by atoms with Crippen molar-refractivity contribution in [2.24, 2.45) is 7.05 Å². The van der Waals surface area contributed by atoms with Gasteiger partial charge in [0.25, 0.3) is 5.91 Å². The van der Waals surface area contributed by atoms with E-state index in [2.05, 4.69) is 5.32 Å². The van der Waals surface area contributed by atoms with Gasteiger partial charge in [0, 0.05) is 23.5 Å². The molecule has 0 saturated carbocycles. The summed E-state index contributed by atoms with van der Waals surface area (Å²) in [5, 5.41) is 13.7. The molecule has 0 aliphatic carbocycles. The van der Waals surface area contributed by atoms with Gasteiger partial charge in [-0.2, -0.15) is 0 Å². The second-order valence-corrected chi connectivity index (χ2v) is 9.32. The minimum Gasteiger partial charge on any atom is -0.481 e. The Morgan fingerprint density at radius 1 is 1.15 bits per heavy atom. The summed E-state index contributed by atoms with van der Waals surface area (Å²) in [7, 11) is 1.73. The normalized spacial score (nSPS) is 14.7. The summed E-state index contributed by atoms with van der Waals surface area (Å²) >= 11 is 12.4. The van der Waals surface area contributed by atoms with Crippen molar-refractivity contribution in [2.75, 3.05) is 13.2 Å². The zero-order chi connectivity index (χ0) is 25.4. The molecule has 1 fully saturated rings. The van der Waals surface area contributed by atoms with E-state index < -0.39 is 28.6 Å². The monoisotopic (exact) mass is 508 g/mol. The topological polar surface area (TPSA) is 80.6 Å². The van der Waals surface area contributed by atoms with Gasteiger partial charge in [-0.25, -0.2) is 4.39 Å². The number of carbonyl (C=O) groups excluding carboxylic acids is 1. The molecule has 182 valence electrons. The summed E-state index contributed by atoms with van der Waals surface area (Å²) in [5.74, 6) is -2.09. The maximum Gasteiger partial charge on any atom is 0.313 e. The molecule has 1 saturated heterocycles. The van der Waals surface area contributed by atoms with Crippen LogP contribution in [0, 0.1) is 5.82 Å². The molecule has 9 heteroatoms. The highest BCUT2D eigenvalue weighted by molar-refractivity contribution is 6.45. The van der Waals surface area contributed by atoms with Crippen LogP contribution < -0.4 is 5.32 Å². The number of hydrogen-bond acceptors (Lipinski definition) is 3. The molecule has 2 N–H and O–H groups in total. The number of aryl methyl sites for hydroxylation is 1. The first-order valence-electron chi connectivity index (χ1n) is 10.9. The lowest BCUT2D eigenvalue weighted by molar-refractivity contribution is -0.142. The van der Waals surface area contributed by atoms with E-state index in [9.17, 15) is 14.7 Å². The van der Waals surface area contributed by atoms with E-state index in [1.807, 2.05) is 13.8 Å². The number of nitrogens with one attached hydrogen (secondary N) is 1. The van der Waals surface area contributed by atoms with E-state index in [1.165, 1.54) is 26.0 Å². The second-order valence-electron chi connectivity index (χ2n) is 8.54. The van der Waals surface area contributed by atoms with Crippen LogP contribution in [0.4, 0.5) is 4.39 Å². The van der Waals surface area contributed by atoms with Gasteiger partial charge in [-0.15, -0.1) is 0 Å². The fourth-order valence-electron chi connectivity index (χ4n) is 3.87. The molecule has 1 aliphatic heterocycles. The van der Waals surface area contributed by atoms with Crippen molar-refractivity contribution in [1.29, 1.82) is 0 Å². The zero-order valence-corrected chi connectivity index (χ0v) is 21.1. The predicted octanol–water partition coefficient (Wildman–Crippen LogP) is 5.67. The third-order valence-electron chi connectivity index (χ3n) is 6.14. The molecule has 4 rings (SSSR count). The van der Waals surface area contributed by atoms with Gasteiger partial charge in [0.2, 0.25) is 0 Å². The molecule has 0 spiro atoms. The first-order chi connectivity index (χ1) is 16.0. The van der Waals surface area contributed by atoms with Crippen LogP contribution in [0.2, 0.25) is 10.0 Å². The van der Waals surface area contributed by atoms with E-state index in [0.29, 0.717) is 26.7 Å². The van der Waals surface area contributed by atoms with Crippen molar-refractivity contribution in [3.63, 3.8) is 0 Å². The van der Waals surface area contributed by atoms with E-state index in [-0.39, 0.29) is 18.8 Å². The Morgan fingerprint density at radius 3 is 2.32 bits per heavy atom. The van der Waals surface area contributed by atoms with Crippen LogP contribution in [-0.4, -0.2) is 34.8 Å². The summed E-state index contributed by atoms with van der Waals surface area (Å²) in [5.41, 5.74) is -0.690. The van der Waals surface area contributed by atoms with E-state index >= 15 is 4.39 Å². The standard InChI is InChI=1S/C23H21Cl2FN2O4.C2H6/c1-22(2,21(30)31)12-4-5-14(16(26)8-12)23(10-32-11-23)27-20(29)18-9-13-17(28(18)3)7-6-15(24)19(13)25;1-2/h4-9H,10-11H2,1-3H3,(H,27,29)(H,30,31);1-2H3. The number of ether oxygens (including phenoxy) is 1. The van der Waals surface area contributed by atoms with Crippen LogP contribution in [0.3, 0.4) is 0 Å². The minimum absolute atomic E-state index is 0.0911. The van der Waals surface area contributed by atoms with Crippen molar-refractivity contribution in [2.45, 2.75) is 38.6 Å². The largest absolute Gasteiger partial charge is 0.481 e. The summed E-state index contributed by atoms with van der Waals surface area (Å²) in [6.45, 7) is 7.19. The van der Waals surface area contributed by atoms with Crippen LogP contribution in [-0.2, 0) is 27.5 Å². The SMILES string of the molecule is CC.Cn1c(C(=O)NC2(c3ccc(C(C)(C)C(=O)O)cc3F)COC2)cc2c(Cl)c(Cl)ccc21. The molecule has 2 heterocycles. The molecular formula is C25H27Cl2FN2O4. The number of hydrogen-bond donors (Lipinski definition) is 2. The fraction of sp³-hybridized carbons (Fsp3) is 0.360. The molecule has 1 aliphatic rings. The number of amides is 1. The van der Waals surface area contributed by atoms with Gasteiger partial charge in [0.15, 0.2) is 0 Å². The second kappa shape index (κ2) is 9.56. The van der Waals surface area contributed by atoms with Crippen molar-refractivity contribution in [3.05, 3.63) is 69.1 Å². The first kappa shape index (κ1) is 26.0. The molecule has 34 heavy (non-hydrogen) atoms. The van der Waals surface area contributed by atoms with Gasteiger partial charge in [0.05, 0.1) is 28.7 Å². The molecule has 0 bridgehead atoms. The molecule has 0 atom stereocenters. The Kier molecular flexibility index (Phi) is 7.31. The highest BCUT2D eigenvalue weighted by Gasteiger charge is 2.44. The van der Waals surface area contributed by atoms with Crippen LogP contribution in [0.5, 0.6) is 0 Å². The number of aliphatic carboxylic acids is 1. The maximum absolute atomic E-state index is 15.1. The maximum atomic E-state index is 15.1. The van der Waals surface area contributed by atoms with Gasteiger partial charge in [-0.1, -0.05) is 49.2 Å². The van der Waals surface area contributed by atoms with Gasteiger partial charge in [0.1, 0.15) is 17.1 Å². The number of nitrogens with zero attached hydrogens (tertiary/aromatic N) is 1. The molecule has 6 nitrogen and oxygen atoms in total. The molecule has 1 aromatic heterocycles. The number of rotatable bonds is 5. The summed E-state index contributed by atoms with van der Waals surface area (Å²) in [4.78, 5) is 24.7. The molecule has 0 radical (unpaired) electrons. The first-order valence-corrected chi connectivity index (χ1v) is 11.6. The predicted molar refractivity (Wildman–Crippen MR) is 131 cm³/mol. The van der Waals surface area contributed by atoms with Crippen molar-refractivity contribution < 1.29 is 23.8 Å². The summed E-state index contributed by atoms with van der Waals surface area (Å²) in [6, 6.07) is 9.35. The Balaban J connectivity index is 0.00000158. The number of benzene rings is 2. The fourth-order valence-corrected chi connectivity index (χ4v) is 4.24. The highest BCUT2D eigenvalue weighted by atomic mass is 35.5. The lowest BCUT2D eigenvalue weighted by atomic mass is 9.81. The molecule has 0 unspecified atom stereocenters. The minimum atomic E-state index is -1.25. The van der Waals surface area contributed by atoms with Gasteiger partial charge >= 0.3 is 5.97 Å². The number of fused-ring (bicyclic) bond motifs is 1. The van der Waals surface area contributed by atoms with Crippen molar-refractivity contribution >= 4 is 46.0 Å². The number of aromatic nitrogens is 1. The molecule has 1 amide bonds. The Morgan fingerprint density at radius 2 is 1.79 bits per heavy atom. The molecular weight excluding hydrogens is 482 g/mol. The van der Waals surface area contributed by atoms with Crippen molar-refractivity contribution in [3.8, 4) is 0 Å². The van der Waals surface area contributed by atoms with Crippen LogP contribution >= 0.6 is 23.2 Å². The van der Waals surface area contributed by atoms with Crippen LogP contribution in [0.15, 0.2) is 36.4 Å². The average molecular weight is 509 g/mol. The lowest BCUT2D eigenvalue weighted by Crippen LogP contribution is -2.60. The lowest BCUT2D eigenvalue weighted by Gasteiger charge is -2.42. The Labute approximate surface area is 207 Å².